The van der Waals surface area contributed by atoms with Crippen LogP contribution in [0.25, 0.3) is 0 Å². The van der Waals surface area contributed by atoms with E-state index >= 15 is 0 Å². The zero-order valence-electron chi connectivity index (χ0n) is 8.13. The molecular formula is C10H18O2. The van der Waals surface area contributed by atoms with Crippen LogP contribution in [0.15, 0.2) is 37.5 Å². The number of hydrogen-bond acceptors (Lipinski definition) is 1. The summed E-state index contributed by atoms with van der Waals surface area (Å²) in [6.45, 7) is 15.1. The predicted molar refractivity (Wildman–Crippen MR) is 54.2 cm³/mol. The number of aliphatic carboxylic acids is 1. The lowest BCUT2D eigenvalue weighted by atomic mass is 10.4. The summed E-state index contributed by atoms with van der Waals surface area (Å²) in [5.74, 6) is -0.935. The van der Waals surface area contributed by atoms with Crippen molar-refractivity contribution < 1.29 is 9.90 Å². The van der Waals surface area contributed by atoms with E-state index in [1.807, 2.05) is 13.8 Å². The molecule has 0 amide bonds. The van der Waals surface area contributed by atoms with Crippen LogP contribution in [0.3, 0.4) is 0 Å². The second kappa shape index (κ2) is 16.3. The summed E-state index contributed by atoms with van der Waals surface area (Å²) in [4.78, 5) is 9.60. The number of hydrogen-bond donors (Lipinski definition) is 1. The summed E-state index contributed by atoms with van der Waals surface area (Å²) < 4.78 is 0. The molecule has 70 valence electrons. The van der Waals surface area contributed by atoms with Gasteiger partial charge in [0.1, 0.15) is 0 Å². The molecule has 0 aromatic rings. The monoisotopic (exact) mass is 170 g/mol. The van der Waals surface area contributed by atoms with Crippen LogP contribution in [0, 0.1) is 0 Å². The third-order valence-corrected chi connectivity index (χ3v) is 0.365. The van der Waals surface area contributed by atoms with Gasteiger partial charge in [0.05, 0.1) is 0 Å². The summed E-state index contributed by atoms with van der Waals surface area (Å²) in [7, 11) is 0. The van der Waals surface area contributed by atoms with Gasteiger partial charge in [-0.25, -0.2) is 4.79 Å². The molecule has 0 spiro atoms. The highest BCUT2D eigenvalue weighted by Gasteiger charge is 1.90. The van der Waals surface area contributed by atoms with E-state index in [9.17, 15) is 4.79 Å². The normalized spacial score (nSPS) is 5.92. The SMILES string of the molecule is C=C(C)C(=O)O.C=CC.C=CC. The first-order valence-corrected chi connectivity index (χ1v) is 3.50. The average molecular weight is 170 g/mol. The third kappa shape index (κ3) is 71.0. The molecule has 0 aliphatic carbocycles. The maximum Gasteiger partial charge on any atom is 0.330 e. The van der Waals surface area contributed by atoms with Crippen LogP contribution in [-0.4, -0.2) is 11.1 Å². The number of carboxylic acid groups (broad SMARTS) is 1. The molecule has 0 atom stereocenters. The molecule has 12 heavy (non-hydrogen) atoms. The topological polar surface area (TPSA) is 37.3 Å². The van der Waals surface area contributed by atoms with Crippen molar-refractivity contribution in [3.05, 3.63) is 37.5 Å². The second-order valence-electron chi connectivity index (χ2n) is 1.90. The Kier molecular flexibility index (Phi) is 23.1. The molecular weight excluding hydrogens is 152 g/mol. The summed E-state index contributed by atoms with van der Waals surface area (Å²) in [6.07, 6.45) is 3.50. The Morgan fingerprint density at radius 1 is 1.25 bits per heavy atom. The van der Waals surface area contributed by atoms with Crippen LogP contribution < -0.4 is 0 Å². The van der Waals surface area contributed by atoms with Gasteiger partial charge in [0.2, 0.25) is 0 Å². The molecule has 0 unspecified atom stereocenters. The number of allylic oxidation sites excluding steroid dienone is 2. The fourth-order valence-corrected chi connectivity index (χ4v) is 0. The summed E-state index contributed by atoms with van der Waals surface area (Å²) in [5, 5.41) is 7.89. The van der Waals surface area contributed by atoms with Crippen LogP contribution in [0.4, 0.5) is 0 Å². The smallest absolute Gasteiger partial charge is 0.330 e. The van der Waals surface area contributed by atoms with Crippen molar-refractivity contribution in [1.82, 2.24) is 0 Å². The van der Waals surface area contributed by atoms with E-state index in [0.29, 0.717) is 0 Å². The Labute approximate surface area is 74.9 Å². The lowest BCUT2D eigenvalue weighted by molar-refractivity contribution is -0.132. The minimum atomic E-state index is -0.935. The first-order valence-electron chi connectivity index (χ1n) is 3.50. The average Bonchev–Trinajstić information content (AvgIpc) is 1.90. The standard InChI is InChI=1S/C4H6O2.2C3H6/c1-3(2)4(5)6;2*1-3-2/h1H2,2H3,(H,5,6);2*3H,1H2,2H3. The van der Waals surface area contributed by atoms with Crippen molar-refractivity contribution in [1.29, 1.82) is 0 Å². The molecule has 0 aromatic heterocycles. The molecule has 0 aliphatic heterocycles. The van der Waals surface area contributed by atoms with Gasteiger partial charge < -0.3 is 5.11 Å². The van der Waals surface area contributed by atoms with Gasteiger partial charge in [-0.2, -0.15) is 0 Å². The molecule has 0 bridgehead atoms. The van der Waals surface area contributed by atoms with E-state index in [2.05, 4.69) is 19.7 Å². The maximum absolute atomic E-state index is 9.60. The quantitative estimate of drug-likeness (QED) is 0.485. The van der Waals surface area contributed by atoms with Gasteiger partial charge in [0.25, 0.3) is 0 Å². The Balaban J connectivity index is -0.000000115. The van der Waals surface area contributed by atoms with Crippen LogP contribution in [-0.2, 0) is 4.79 Å². The van der Waals surface area contributed by atoms with Gasteiger partial charge in [-0.3, -0.25) is 0 Å². The van der Waals surface area contributed by atoms with Crippen LogP contribution in [0.1, 0.15) is 20.8 Å². The Morgan fingerprint density at radius 2 is 1.33 bits per heavy atom. The Morgan fingerprint density at radius 3 is 1.33 bits per heavy atom. The van der Waals surface area contributed by atoms with Crippen molar-refractivity contribution >= 4 is 5.97 Å². The molecule has 0 fully saturated rings. The lowest BCUT2D eigenvalue weighted by Crippen LogP contribution is -1.92. The molecule has 0 rings (SSSR count). The number of carbonyl (C=O) groups is 1. The van der Waals surface area contributed by atoms with Crippen molar-refractivity contribution in [3.8, 4) is 0 Å². The molecule has 0 aliphatic rings. The Hall–Kier alpha value is -1.31. The highest BCUT2D eigenvalue weighted by molar-refractivity contribution is 5.84. The highest BCUT2D eigenvalue weighted by Crippen LogP contribution is 1.81. The first-order chi connectivity index (χ1) is 5.47. The van der Waals surface area contributed by atoms with Gasteiger partial charge in [0, 0.05) is 5.57 Å². The fraction of sp³-hybridized carbons (Fsp3) is 0.300. The zero-order valence-corrected chi connectivity index (χ0v) is 8.13. The largest absolute Gasteiger partial charge is 0.478 e. The van der Waals surface area contributed by atoms with E-state index in [1.165, 1.54) is 6.92 Å². The van der Waals surface area contributed by atoms with E-state index < -0.39 is 5.97 Å². The van der Waals surface area contributed by atoms with Crippen molar-refractivity contribution in [2.24, 2.45) is 0 Å². The van der Waals surface area contributed by atoms with Gasteiger partial charge in [-0.1, -0.05) is 18.7 Å². The zero-order chi connectivity index (χ0) is 10.6. The highest BCUT2D eigenvalue weighted by atomic mass is 16.4. The summed E-state index contributed by atoms with van der Waals surface area (Å²) in [5.41, 5.74) is 0.176. The van der Waals surface area contributed by atoms with E-state index in [4.69, 9.17) is 5.11 Å². The van der Waals surface area contributed by atoms with E-state index in [-0.39, 0.29) is 5.57 Å². The van der Waals surface area contributed by atoms with E-state index in [1.54, 1.807) is 12.2 Å². The van der Waals surface area contributed by atoms with E-state index in [0.717, 1.165) is 0 Å². The predicted octanol–water partition coefficient (Wildman–Crippen LogP) is 3.03. The molecule has 0 aromatic carbocycles. The summed E-state index contributed by atoms with van der Waals surface area (Å²) >= 11 is 0. The van der Waals surface area contributed by atoms with Crippen LogP contribution >= 0.6 is 0 Å². The third-order valence-electron chi connectivity index (χ3n) is 0.365. The number of carboxylic acids is 1. The minimum absolute atomic E-state index is 0.176. The molecule has 0 saturated heterocycles. The molecule has 0 saturated carbocycles. The minimum Gasteiger partial charge on any atom is -0.478 e. The molecule has 2 heteroatoms. The molecule has 0 radical (unpaired) electrons. The first kappa shape index (κ1) is 17.0. The molecule has 2 nitrogen and oxygen atoms in total. The van der Waals surface area contributed by atoms with Crippen LogP contribution in [0.5, 0.6) is 0 Å². The Bertz CT molecular complexity index is 128. The van der Waals surface area contributed by atoms with Gasteiger partial charge in [0.15, 0.2) is 0 Å². The number of rotatable bonds is 1. The molecule has 1 N–H and O–H groups in total. The van der Waals surface area contributed by atoms with Crippen molar-refractivity contribution in [2.45, 2.75) is 20.8 Å². The van der Waals surface area contributed by atoms with Crippen LogP contribution in [0.2, 0.25) is 0 Å². The van der Waals surface area contributed by atoms with Crippen molar-refractivity contribution in [2.75, 3.05) is 0 Å². The lowest BCUT2D eigenvalue weighted by Gasteiger charge is -1.79. The van der Waals surface area contributed by atoms with Gasteiger partial charge >= 0.3 is 5.97 Å². The van der Waals surface area contributed by atoms with Crippen molar-refractivity contribution in [3.63, 3.8) is 0 Å². The second-order valence-corrected chi connectivity index (χ2v) is 1.90. The molecule has 0 heterocycles. The maximum atomic E-state index is 9.60. The fourth-order valence-electron chi connectivity index (χ4n) is 0. The summed E-state index contributed by atoms with van der Waals surface area (Å²) in [6, 6.07) is 0. The van der Waals surface area contributed by atoms with Gasteiger partial charge in [-0.15, -0.1) is 13.2 Å². The van der Waals surface area contributed by atoms with Gasteiger partial charge in [-0.05, 0) is 20.8 Å².